The van der Waals surface area contributed by atoms with E-state index in [-0.39, 0.29) is 28.8 Å². The second-order valence-electron chi connectivity index (χ2n) is 16.2. The smallest absolute Gasteiger partial charge is 0.265 e. The number of halogens is 1. The highest BCUT2D eigenvalue weighted by atomic mass is 35.5. The van der Waals surface area contributed by atoms with Crippen molar-refractivity contribution < 1.29 is 27.8 Å². The summed E-state index contributed by atoms with van der Waals surface area (Å²) in [6, 6.07) is 11.5. The summed E-state index contributed by atoms with van der Waals surface area (Å²) < 4.78 is 42.2. The summed E-state index contributed by atoms with van der Waals surface area (Å²) >= 11 is 6.47. The van der Waals surface area contributed by atoms with Crippen LogP contribution in [0.15, 0.2) is 53.4 Å². The van der Waals surface area contributed by atoms with Crippen molar-refractivity contribution in [3.05, 3.63) is 64.7 Å². The van der Waals surface area contributed by atoms with E-state index in [2.05, 4.69) is 45.4 Å². The van der Waals surface area contributed by atoms with E-state index in [4.69, 9.17) is 21.1 Å². The van der Waals surface area contributed by atoms with Gasteiger partial charge in [0.2, 0.25) is 0 Å². The number of amides is 1. The van der Waals surface area contributed by atoms with Crippen LogP contribution < -0.4 is 14.4 Å². The molecule has 2 bridgehead atoms. The van der Waals surface area contributed by atoms with Crippen molar-refractivity contribution in [1.82, 2.24) is 14.5 Å². The van der Waals surface area contributed by atoms with E-state index in [1.165, 1.54) is 17.2 Å². The van der Waals surface area contributed by atoms with Gasteiger partial charge in [0.15, 0.2) is 0 Å². The topological polar surface area (TPSA) is 112 Å². The van der Waals surface area contributed by atoms with Crippen molar-refractivity contribution in [3.63, 3.8) is 0 Å². The van der Waals surface area contributed by atoms with E-state index in [9.17, 15) is 18.3 Å². The van der Waals surface area contributed by atoms with Gasteiger partial charge in [-0.25, -0.2) is 13.1 Å². The quantitative estimate of drug-likeness (QED) is 0.431. The Morgan fingerprint density at radius 3 is 2.59 bits per heavy atom. The molecule has 4 atom stereocenters. The molecule has 3 aliphatic heterocycles. The fourth-order valence-electron chi connectivity index (χ4n) is 8.96. The summed E-state index contributed by atoms with van der Waals surface area (Å²) in [7, 11) is -4.23. The first-order valence-electron chi connectivity index (χ1n) is 18.6. The molecule has 12 heteroatoms. The van der Waals surface area contributed by atoms with E-state index in [0.717, 1.165) is 63.3 Å². The number of aryl methyl sites for hydroxylation is 1. The van der Waals surface area contributed by atoms with E-state index >= 15 is 0 Å². The van der Waals surface area contributed by atoms with Gasteiger partial charge >= 0.3 is 0 Å². The maximum absolute atomic E-state index is 13.7. The Morgan fingerprint density at radius 1 is 1.08 bits per heavy atom. The highest BCUT2D eigenvalue weighted by Crippen LogP contribution is 2.48. The number of carbonyl (C=O) groups excluding carboxylic acids is 1. The lowest BCUT2D eigenvalue weighted by Gasteiger charge is -2.51. The fraction of sp³-hybridized carbons (Fsp3) is 0.615. The van der Waals surface area contributed by atoms with Crippen LogP contribution in [0.5, 0.6) is 5.75 Å². The summed E-state index contributed by atoms with van der Waals surface area (Å²) in [6.45, 7) is 13.5. The predicted molar refractivity (Wildman–Crippen MR) is 199 cm³/mol. The molecule has 1 amide bonds. The van der Waals surface area contributed by atoms with Gasteiger partial charge in [-0.1, -0.05) is 29.8 Å². The lowest BCUT2D eigenvalue weighted by Crippen LogP contribution is -2.58. The van der Waals surface area contributed by atoms with Crippen LogP contribution in [0.3, 0.4) is 0 Å². The first-order valence-corrected chi connectivity index (χ1v) is 20.4. The minimum absolute atomic E-state index is 0.0139. The number of hydrogen-bond donors (Lipinski definition) is 2. The average molecular weight is 741 g/mol. The van der Waals surface area contributed by atoms with Gasteiger partial charge in [0, 0.05) is 62.3 Å². The summed E-state index contributed by atoms with van der Waals surface area (Å²) in [6.07, 6.45) is 8.37. The van der Waals surface area contributed by atoms with Crippen LogP contribution in [0, 0.1) is 11.8 Å². The SMILES string of the molecule is CC(C)N1CCN(CC2(O)C=CCOC(C)(C)C(=O)NS(=O)(=O)c3ccc4c(c3)N(C[C@@H]3CC[C@H]32)C[C@@]2(CCCc3cc(Cl)ccc32)CO4)CC1. The number of hydrogen-bond acceptors (Lipinski definition) is 9. The summed E-state index contributed by atoms with van der Waals surface area (Å²) in [5.41, 5.74) is 0.248. The Kier molecular flexibility index (Phi) is 10.0. The number of carbonyl (C=O) groups is 1. The monoisotopic (exact) mass is 740 g/mol. The molecule has 0 aromatic heterocycles. The summed E-state index contributed by atoms with van der Waals surface area (Å²) in [4.78, 5) is 20.5. The molecule has 10 nitrogen and oxygen atoms in total. The third-order valence-electron chi connectivity index (χ3n) is 12.2. The van der Waals surface area contributed by atoms with Gasteiger partial charge in [-0.15, -0.1) is 0 Å². The third-order valence-corrected chi connectivity index (χ3v) is 13.7. The van der Waals surface area contributed by atoms with Gasteiger partial charge in [0.05, 0.1) is 29.4 Å². The molecule has 0 radical (unpaired) electrons. The van der Waals surface area contributed by atoms with Crippen LogP contribution in [0.25, 0.3) is 0 Å². The number of ether oxygens (including phenoxy) is 2. The summed E-state index contributed by atoms with van der Waals surface area (Å²) in [5, 5.41) is 13.4. The Hall–Kier alpha value is -2.67. The highest BCUT2D eigenvalue weighted by molar-refractivity contribution is 7.90. The molecule has 3 heterocycles. The lowest BCUT2D eigenvalue weighted by atomic mass is 9.63. The first-order chi connectivity index (χ1) is 24.2. The Labute approximate surface area is 308 Å². The Balaban J connectivity index is 1.28. The van der Waals surface area contributed by atoms with E-state index < -0.39 is 27.1 Å². The number of β-amino-alcohol motifs (C(OH)–C–C–N with tert-alkyl or cyclic N) is 1. The van der Waals surface area contributed by atoms with Crippen LogP contribution >= 0.6 is 11.6 Å². The van der Waals surface area contributed by atoms with Crippen molar-refractivity contribution in [1.29, 1.82) is 0 Å². The van der Waals surface area contributed by atoms with Gasteiger partial charge in [-0.3, -0.25) is 14.6 Å². The number of rotatable bonds is 3. The minimum atomic E-state index is -4.23. The molecule has 51 heavy (non-hydrogen) atoms. The highest BCUT2D eigenvalue weighted by Gasteiger charge is 2.49. The van der Waals surface area contributed by atoms with Crippen molar-refractivity contribution in [2.24, 2.45) is 11.8 Å². The normalized spacial score (nSPS) is 31.2. The number of fused-ring (bicyclic) bond motifs is 4. The Morgan fingerprint density at radius 2 is 1.86 bits per heavy atom. The molecule has 2 aliphatic carbocycles. The molecule has 2 aromatic rings. The van der Waals surface area contributed by atoms with Crippen LogP contribution in [-0.4, -0.2) is 106 Å². The Bertz CT molecular complexity index is 1780. The number of anilines is 1. The number of nitrogens with zero attached hydrogens (tertiary/aromatic N) is 3. The van der Waals surface area contributed by atoms with Crippen molar-refractivity contribution in [2.45, 2.75) is 87.4 Å². The number of aliphatic hydroxyl groups is 1. The van der Waals surface area contributed by atoms with Crippen molar-refractivity contribution in [3.8, 4) is 5.75 Å². The molecular formula is C39H53ClN4O6S. The van der Waals surface area contributed by atoms with Crippen LogP contribution in [0.1, 0.15) is 64.5 Å². The molecule has 2 fully saturated rings. The molecular weight excluding hydrogens is 688 g/mol. The molecule has 2 N–H and O–H groups in total. The van der Waals surface area contributed by atoms with Crippen LogP contribution in [-0.2, 0) is 31.4 Å². The standard InChI is InChI=1S/C39H53ClN4O6S/c1-27(2)43-18-16-42(17-19-43)25-39(46)15-6-20-50-37(3,4)36(45)41-51(47,48)31-10-13-35-34(22-31)44(23-29-8-11-33(29)39)24-38(26-49-35)14-5-7-28-21-30(40)9-12-32(28)38/h6,9-10,12-13,15,21-22,27,29,33,46H,5,7-8,11,14,16-20,23-26H2,1-4H3,(H,41,45)/t29-,33+,38-,39?/m0/s1. The van der Waals surface area contributed by atoms with Crippen LogP contribution in [0.2, 0.25) is 5.02 Å². The zero-order valence-electron chi connectivity index (χ0n) is 30.4. The van der Waals surface area contributed by atoms with Gasteiger partial charge in [0.25, 0.3) is 15.9 Å². The zero-order valence-corrected chi connectivity index (χ0v) is 31.9. The third kappa shape index (κ3) is 7.31. The predicted octanol–water partition coefficient (Wildman–Crippen LogP) is 4.77. The zero-order chi connectivity index (χ0) is 36.2. The second kappa shape index (κ2) is 14.0. The number of piperazine rings is 1. The molecule has 278 valence electrons. The number of nitrogens with one attached hydrogen (secondary N) is 1. The number of sulfonamides is 1. The molecule has 7 rings (SSSR count). The number of benzene rings is 2. The summed E-state index contributed by atoms with van der Waals surface area (Å²) in [5.74, 6) is -0.0241. The van der Waals surface area contributed by atoms with E-state index in [1.54, 1.807) is 32.1 Å². The molecule has 1 saturated heterocycles. The van der Waals surface area contributed by atoms with Gasteiger partial charge in [-0.2, -0.15) is 0 Å². The average Bonchev–Trinajstić information content (AvgIpc) is 3.21. The molecule has 1 spiro atoms. The van der Waals surface area contributed by atoms with Crippen LogP contribution in [0.4, 0.5) is 5.69 Å². The van der Waals surface area contributed by atoms with Gasteiger partial charge < -0.3 is 19.5 Å². The second-order valence-corrected chi connectivity index (χ2v) is 18.4. The molecule has 2 aromatic carbocycles. The van der Waals surface area contributed by atoms with E-state index in [0.29, 0.717) is 43.7 Å². The van der Waals surface area contributed by atoms with Gasteiger partial charge in [0.1, 0.15) is 11.4 Å². The minimum Gasteiger partial charge on any atom is -0.490 e. The first kappa shape index (κ1) is 36.7. The maximum atomic E-state index is 13.7. The molecule has 1 unspecified atom stereocenters. The molecule has 1 saturated carbocycles. The van der Waals surface area contributed by atoms with Crippen molar-refractivity contribution >= 4 is 33.2 Å². The van der Waals surface area contributed by atoms with Gasteiger partial charge in [-0.05, 0) is 113 Å². The van der Waals surface area contributed by atoms with Crippen molar-refractivity contribution in [2.75, 3.05) is 63.9 Å². The fourth-order valence-corrected chi connectivity index (χ4v) is 10.3. The lowest BCUT2D eigenvalue weighted by molar-refractivity contribution is -0.139. The van der Waals surface area contributed by atoms with E-state index in [1.807, 2.05) is 12.1 Å². The maximum Gasteiger partial charge on any atom is 0.265 e. The molecule has 5 aliphatic rings. The largest absolute Gasteiger partial charge is 0.490 e.